The largest absolute Gasteiger partial charge is 0.320 e. The summed E-state index contributed by atoms with van der Waals surface area (Å²) in [5.74, 6) is 0.737. The monoisotopic (exact) mass is 291 g/mol. The van der Waals surface area contributed by atoms with Crippen molar-refractivity contribution >= 4 is 10.2 Å². The van der Waals surface area contributed by atoms with E-state index in [4.69, 9.17) is 0 Å². The molecular weight excluding hydrogens is 262 g/mol. The summed E-state index contributed by atoms with van der Waals surface area (Å²) in [5.41, 5.74) is 0. The second-order valence-corrected chi connectivity index (χ2v) is 7.81. The molecule has 0 saturated heterocycles. The second-order valence-electron chi connectivity index (χ2n) is 5.72. The Labute approximate surface area is 118 Å². The van der Waals surface area contributed by atoms with Crippen molar-refractivity contribution in [3.8, 4) is 0 Å². The molecule has 1 rings (SSSR count). The summed E-state index contributed by atoms with van der Waals surface area (Å²) in [6.45, 7) is 3.65. The number of nitrogens with zero attached hydrogens (tertiary/aromatic N) is 2. The van der Waals surface area contributed by atoms with Crippen LogP contribution < -0.4 is 5.32 Å². The molecule has 1 saturated carbocycles. The third-order valence-electron chi connectivity index (χ3n) is 4.16. The van der Waals surface area contributed by atoms with E-state index in [-0.39, 0.29) is 6.04 Å². The highest BCUT2D eigenvalue weighted by Crippen LogP contribution is 2.28. The van der Waals surface area contributed by atoms with Gasteiger partial charge in [-0.05, 0) is 51.6 Å². The zero-order chi connectivity index (χ0) is 14.5. The van der Waals surface area contributed by atoms with E-state index in [1.54, 1.807) is 18.4 Å². The molecule has 0 heterocycles. The zero-order valence-corrected chi connectivity index (χ0v) is 13.5. The van der Waals surface area contributed by atoms with Gasteiger partial charge in [0, 0.05) is 26.7 Å². The van der Waals surface area contributed by atoms with Crippen molar-refractivity contribution in [2.45, 2.75) is 45.1 Å². The van der Waals surface area contributed by atoms with Crippen LogP contribution in [0.3, 0.4) is 0 Å². The number of hydrogen-bond donors (Lipinski definition) is 1. The maximum absolute atomic E-state index is 12.4. The SMILES string of the molecule is CNCCCN(C)S(=O)(=O)N(C)C1CCC(C)CC1. The van der Waals surface area contributed by atoms with E-state index >= 15 is 0 Å². The minimum Gasteiger partial charge on any atom is -0.320 e. The quantitative estimate of drug-likeness (QED) is 0.719. The van der Waals surface area contributed by atoms with E-state index in [9.17, 15) is 8.42 Å². The number of hydrogen-bond acceptors (Lipinski definition) is 3. The molecule has 1 aliphatic carbocycles. The lowest BCUT2D eigenvalue weighted by atomic mass is 9.87. The third-order valence-corrected chi connectivity index (χ3v) is 6.15. The van der Waals surface area contributed by atoms with Crippen LogP contribution in [0.2, 0.25) is 0 Å². The molecule has 6 heteroatoms. The first-order valence-corrected chi connectivity index (χ1v) is 8.63. The normalized spacial score (nSPS) is 25.2. The van der Waals surface area contributed by atoms with Crippen LogP contribution in [-0.4, -0.2) is 57.3 Å². The molecule has 1 fully saturated rings. The van der Waals surface area contributed by atoms with Crippen molar-refractivity contribution < 1.29 is 8.42 Å². The third kappa shape index (κ3) is 4.70. The molecule has 0 bridgehead atoms. The van der Waals surface area contributed by atoms with Gasteiger partial charge in [0.2, 0.25) is 0 Å². The number of nitrogens with one attached hydrogen (secondary N) is 1. The smallest absolute Gasteiger partial charge is 0.281 e. The summed E-state index contributed by atoms with van der Waals surface area (Å²) in [5, 5.41) is 3.04. The van der Waals surface area contributed by atoms with Gasteiger partial charge in [0.15, 0.2) is 0 Å². The lowest BCUT2D eigenvalue weighted by Crippen LogP contribution is -2.46. The first-order valence-electron chi connectivity index (χ1n) is 7.23. The van der Waals surface area contributed by atoms with Gasteiger partial charge in [0.05, 0.1) is 0 Å². The Balaban J connectivity index is 2.55. The molecule has 0 aromatic carbocycles. The van der Waals surface area contributed by atoms with Crippen molar-refractivity contribution in [2.75, 3.05) is 34.2 Å². The van der Waals surface area contributed by atoms with Gasteiger partial charge in [-0.15, -0.1) is 0 Å². The van der Waals surface area contributed by atoms with Crippen molar-refractivity contribution in [2.24, 2.45) is 5.92 Å². The van der Waals surface area contributed by atoms with Gasteiger partial charge in [-0.1, -0.05) is 6.92 Å². The van der Waals surface area contributed by atoms with Crippen LogP contribution in [-0.2, 0) is 10.2 Å². The van der Waals surface area contributed by atoms with Gasteiger partial charge in [-0.25, -0.2) is 0 Å². The average molecular weight is 291 g/mol. The minimum atomic E-state index is -3.30. The molecule has 0 unspecified atom stereocenters. The van der Waals surface area contributed by atoms with Crippen molar-refractivity contribution in [3.63, 3.8) is 0 Å². The van der Waals surface area contributed by atoms with E-state index in [2.05, 4.69) is 12.2 Å². The lowest BCUT2D eigenvalue weighted by Gasteiger charge is -2.35. The van der Waals surface area contributed by atoms with Gasteiger partial charge >= 0.3 is 0 Å². The summed E-state index contributed by atoms with van der Waals surface area (Å²) < 4.78 is 27.9. The Morgan fingerprint density at radius 3 is 2.26 bits per heavy atom. The molecule has 1 aliphatic rings. The van der Waals surface area contributed by atoms with E-state index in [0.717, 1.165) is 44.6 Å². The summed E-state index contributed by atoms with van der Waals surface area (Å²) in [7, 11) is 1.98. The summed E-state index contributed by atoms with van der Waals surface area (Å²) in [4.78, 5) is 0. The van der Waals surface area contributed by atoms with Crippen molar-refractivity contribution in [3.05, 3.63) is 0 Å². The lowest BCUT2D eigenvalue weighted by molar-refractivity contribution is 0.235. The van der Waals surface area contributed by atoms with E-state index in [1.165, 1.54) is 4.31 Å². The highest BCUT2D eigenvalue weighted by atomic mass is 32.2. The molecule has 0 aliphatic heterocycles. The first kappa shape index (κ1) is 16.9. The maximum Gasteiger partial charge on any atom is 0.281 e. The Bertz CT molecular complexity index is 351. The van der Waals surface area contributed by atoms with E-state index in [1.807, 2.05) is 7.05 Å². The molecule has 19 heavy (non-hydrogen) atoms. The van der Waals surface area contributed by atoms with Crippen LogP contribution in [0.4, 0.5) is 0 Å². The molecule has 1 N–H and O–H groups in total. The Morgan fingerprint density at radius 2 is 1.74 bits per heavy atom. The van der Waals surface area contributed by atoms with Gasteiger partial charge in [0.25, 0.3) is 10.2 Å². The van der Waals surface area contributed by atoms with Crippen LogP contribution in [0.15, 0.2) is 0 Å². The van der Waals surface area contributed by atoms with Crippen LogP contribution in [0, 0.1) is 5.92 Å². The number of rotatable bonds is 7. The Hall–Kier alpha value is -0.170. The molecule has 114 valence electrons. The van der Waals surface area contributed by atoms with Crippen molar-refractivity contribution in [1.82, 2.24) is 13.9 Å². The predicted octanol–water partition coefficient (Wildman–Crippen LogP) is 1.28. The van der Waals surface area contributed by atoms with Crippen molar-refractivity contribution in [1.29, 1.82) is 0 Å². The second kappa shape index (κ2) is 7.57. The van der Waals surface area contributed by atoms with E-state index < -0.39 is 10.2 Å². The highest BCUT2D eigenvalue weighted by Gasteiger charge is 2.31. The topological polar surface area (TPSA) is 52.7 Å². The minimum absolute atomic E-state index is 0.174. The molecular formula is C13H29N3O2S. The Morgan fingerprint density at radius 1 is 1.16 bits per heavy atom. The predicted molar refractivity (Wildman–Crippen MR) is 79.3 cm³/mol. The van der Waals surface area contributed by atoms with Crippen LogP contribution >= 0.6 is 0 Å². The molecule has 5 nitrogen and oxygen atoms in total. The molecule has 0 radical (unpaired) electrons. The first-order chi connectivity index (χ1) is 8.89. The highest BCUT2D eigenvalue weighted by molar-refractivity contribution is 7.86. The molecule has 0 atom stereocenters. The van der Waals surface area contributed by atoms with Gasteiger partial charge in [0.1, 0.15) is 0 Å². The fourth-order valence-electron chi connectivity index (χ4n) is 2.61. The maximum atomic E-state index is 12.4. The molecule has 0 aromatic rings. The molecule has 0 aromatic heterocycles. The standard InChI is InChI=1S/C13H29N3O2S/c1-12-6-8-13(9-7-12)16(4)19(17,18)15(3)11-5-10-14-2/h12-14H,5-11H2,1-4H3. The van der Waals surface area contributed by atoms with Gasteiger partial charge in [-0.2, -0.15) is 17.0 Å². The molecule has 0 spiro atoms. The average Bonchev–Trinajstić information content (AvgIpc) is 2.39. The summed E-state index contributed by atoms with van der Waals surface area (Å²) >= 11 is 0. The van der Waals surface area contributed by atoms with Gasteiger partial charge in [-0.3, -0.25) is 0 Å². The zero-order valence-electron chi connectivity index (χ0n) is 12.7. The van der Waals surface area contributed by atoms with Crippen LogP contribution in [0.1, 0.15) is 39.0 Å². The van der Waals surface area contributed by atoms with Crippen LogP contribution in [0.5, 0.6) is 0 Å². The molecule has 0 amide bonds. The van der Waals surface area contributed by atoms with Gasteiger partial charge < -0.3 is 5.32 Å². The Kier molecular flexibility index (Phi) is 6.73. The van der Waals surface area contributed by atoms with Crippen LogP contribution in [0.25, 0.3) is 0 Å². The van der Waals surface area contributed by atoms with E-state index in [0.29, 0.717) is 6.54 Å². The fourth-order valence-corrected chi connectivity index (χ4v) is 4.00. The summed E-state index contributed by atoms with van der Waals surface area (Å²) in [6, 6.07) is 0.174. The fraction of sp³-hybridized carbons (Fsp3) is 1.00. The summed E-state index contributed by atoms with van der Waals surface area (Å²) in [6.07, 6.45) is 5.08.